The molecule has 0 radical (unpaired) electrons. The van der Waals surface area contributed by atoms with Gasteiger partial charge in [0.05, 0.1) is 11.8 Å². The Morgan fingerprint density at radius 3 is 2.25 bits per heavy atom. The van der Waals surface area contributed by atoms with Crippen molar-refractivity contribution in [2.45, 2.75) is 39.2 Å². The van der Waals surface area contributed by atoms with Crippen LogP contribution in [0.4, 0.5) is 0 Å². The third-order valence-electron chi connectivity index (χ3n) is 3.94. The van der Waals surface area contributed by atoms with Gasteiger partial charge in [0.15, 0.2) is 0 Å². The molecule has 2 saturated carbocycles. The Labute approximate surface area is 95.4 Å². The average Bonchev–Trinajstić information content (AvgIpc) is 2.74. The Balaban J connectivity index is 2.12. The van der Waals surface area contributed by atoms with E-state index in [1.165, 1.54) is 0 Å². The minimum atomic E-state index is -0.795. The van der Waals surface area contributed by atoms with Crippen molar-refractivity contribution in [1.29, 1.82) is 0 Å². The van der Waals surface area contributed by atoms with Gasteiger partial charge in [0.1, 0.15) is 0 Å². The van der Waals surface area contributed by atoms with E-state index in [-0.39, 0.29) is 23.8 Å². The Morgan fingerprint density at radius 1 is 1.19 bits per heavy atom. The van der Waals surface area contributed by atoms with Crippen LogP contribution in [0.2, 0.25) is 0 Å². The van der Waals surface area contributed by atoms with E-state index >= 15 is 0 Å². The molecule has 0 aromatic carbocycles. The number of hydrogen-bond donors (Lipinski definition) is 2. The highest BCUT2D eigenvalue weighted by Crippen LogP contribution is 2.52. The van der Waals surface area contributed by atoms with E-state index in [4.69, 9.17) is 0 Å². The number of aliphatic carboxylic acids is 1. The molecule has 0 unspecified atom stereocenters. The van der Waals surface area contributed by atoms with Crippen LogP contribution in [0.15, 0.2) is 0 Å². The maximum absolute atomic E-state index is 12.0. The molecule has 0 aromatic rings. The highest BCUT2D eigenvalue weighted by Gasteiger charge is 2.53. The van der Waals surface area contributed by atoms with E-state index in [1.54, 1.807) is 0 Å². The van der Waals surface area contributed by atoms with Crippen LogP contribution in [0.25, 0.3) is 0 Å². The third kappa shape index (κ3) is 1.81. The molecule has 0 heterocycles. The molecule has 4 nitrogen and oxygen atoms in total. The zero-order chi connectivity index (χ0) is 11.9. The SMILES string of the molecule is CC(C)NC(=O)[C@@H]1[C@@H]2CC[C@@H](C2)[C@@H]1C(=O)O. The Kier molecular flexibility index (Phi) is 2.91. The van der Waals surface area contributed by atoms with Gasteiger partial charge >= 0.3 is 5.97 Å². The Morgan fingerprint density at radius 2 is 1.75 bits per heavy atom. The molecule has 2 rings (SSSR count). The van der Waals surface area contributed by atoms with E-state index in [0.29, 0.717) is 5.92 Å². The van der Waals surface area contributed by atoms with Crippen LogP contribution in [0.3, 0.4) is 0 Å². The molecule has 1 amide bonds. The molecule has 0 aliphatic heterocycles. The highest BCUT2D eigenvalue weighted by atomic mass is 16.4. The second-order valence-electron chi connectivity index (χ2n) is 5.39. The number of carboxylic acids is 1. The first kappa shape index (κ1) is 11.4. The molecule has 2 aliphatic rings. The fourth-order valence-corrected chi connectivity index (χ4v) is 3.40. The van der Waals surface area contributed by atoms with Crippen LogP contribution in [0.5, 0.6) is 0 Å². The molecule has 4 atom stereocenters. The van der Waals surface area contributed by atoms with Crippen LogP contribution in [-0.2, 0) is 9.59 Å². The molecule has 4 heteroatoms. The first-order chi connectivity index (χ1) is 7.50. The van der Waals surface area contributed by atoms with Crippen LogP contribution < -0.4 is 5.32 Å². The van der Waals surface area contributed by atoms with Crippen molar-refractivity contribution in [3.8, 4) is 0 Å². The van der Waals surface area contributed by atoms with Crippen LogP contribution in [-0.4, -0.2) is 23.0 Å². The molecule has 90 valence electrons. The first-order valence-corrected chi connectivity index (χ1v) is 6.04. The molecule has 2 bridgehead atoms. The largest absolute Gasteiger partial charge is 0.481 e. The summed E-state index contributed by atoms with van der Waals surface area (Å²) in [6.45, 7) is 3.81. The standard InChI is InChI=1S/C12H19NO3/c1-6(2)13-11(14)9-7-3-4-8(5-7)10(9)12(15)16/h6-10H,3-5H2,1-2H3,(H,13,14)(H,15,16)/t7-,8+,9-,10+/m1/s1. The van der Waals surface area contributed by atoms with Gasteiger partial charge in [-0.2, -0.15) is 0 Å². The van der Waals surface area contributed by atoms with E-state index in [9.17, 15) is 14.7 Å². The third-order valence-corrected chi connectivity index (χ3v) is 3.94. The number of carbonyl (C=O) groups is 2. The molecule has 0 saturated heterocycles. The number of nitrogens with one attached hydrogen (secondary N) is 1. The smallest absolute Gasteiger partial charge is 0.307 e. The Hall–Kier alpha value is -1.06. The molecule has 2 N–H and O–H groups in total. The summed E-state index contributed by atoms with van der Waals surface area (Å²) >= 11 is 0. The molecule has 2 fully saturated rings. The van der Waals surface area contributed by atoms with Crippen LogP contribution >= 0.6 is 0 Å². The number of amides is 1. The van der Waals surface area contributed by atoms with Gasteiger partial charge in [-0.15, -0.1) is 0 Å². The summed E-state index contributed by atoms with van der Waals surface area (Å²) in [6, 6.07) is 0.0843. The minimum absolute atomic E-state index is 0.0606. The van der Waals surface area contributed by atoms with E-state index in [0.717, 1.165) is 19.3 Å². The summed E-state index contributed by atoms with van der Waals surface area (Å²) in [6.07, 6.45) is 2.92. The van der Waals surface area contributed by atoms with Crippen molar-refractivity contribution in [1.82, 2.24) is 5.32 Å². The predicted molar refractivity (Wildman–Crippen MR) is 58.7 cm³/mol. The van der Waals surface area contributed by atoms with Crippen molar-refractivity contribution in [2.75, 3.05) is 0 Å². The number of rotatable bonds is 3. The zero-order valence-electron chi connectivity index (χ0n) is 9.77. The van der Waals surface area contributed by atoms with Gasteiger partial charge in [0, 0.05) is 6.04 Å². The molecule has 2 aliphatic carbocycles. The lowest BCUT2D eigenvalue weighted by Crippen LogP contribution is -2.43. The second kappa shape index (κ2) is 4.07. The monoisotopic (exact) mass is 225 g/mol. The highest BCUT2D eigenvalue weighted by molar-refractivity contribution is 5.86. The molecular weight excluding hydrogens is 206 g/mol. The summed E-state index contributed by atoms with van der Waals surface area (Å²) in [5.74, 6) is -1.07. The molecule has 0 aromatic heterocycles. The fraction of sp³-hybridized carbons (Fsp3) is 0.833. The van der Waals surface area contributed by atoms with Gasteiger partial charge in [-0.05, 0) is 44.9 Å². The van der Waals surface area contributed by atoms with Gasteiger partial charge in [-0.3, -0.25) is 9.59 Å². The second-order valence-corrected chi connectivity index (χ2v) is 5.39. The summed E-state index contributed by atoms with van der Waals surface area (Å²) in [4.78, 5) is 23.2. The molecule has 0 spiro atoms. The number of fused-ring (bicyclic) bond motifs is 2. The summed E-state index contributed by atoms with van der Waals surface area (Å²) in [5.41, 5.74) is 0. The number of carbonyl (C=O) groups excluding carboxylic acids is 1. The normalized spacial score (nSPS) is 36.7. The van der Waals surface area contributed by atoms with Crippen molar-refractivity contribution >= 4 is 11.9 Å². The molecular formula is C12H19NO3. The zero-order valence-corrected chi connectivity index (χ0v) is 9.77. The van der Waals surface area contributed by atoms with E-state index in [1.807, 2.05) is 13.8 Å². The van der Waals surface area contributed by atoms with Crippen molar-refractivity contribution < 1.29 is 14.7 Å². The van der Waals surface area contributed by atoms with Crippen molar-refractivity contribution in [2.24, 2.45) is 23.7 Å². The summed E-state index contributed by atoms with van der Waals surface area (Å²) < 4.78 is 0. The van der Waals surface area contributed by atoms with Gasteiger partial charge in [-0.1, -0.05) is 0 Å². The topological polar surface area (TPSA) is 66.4 Å². The average molecular weight is 225 g/mol. The van der Waals surface area contributed by atoms with Gasteiger partial charge in [0.2, 0.25) is 5.91 Å². The summed E-state index contributed by atoms with van der Waals surface area (Å²) in [5, 5.41) is 12.1. The lowest BCUT2D eigenvalue weighted by Gasteiger charge is -2.27. The van der Waals surface area contributed by atoms with Gasteiger partial charge in [-0.25, -0.2) is 0 Å². The lowest BCUT2D eigenvalue weighted by atomic mass is 9.78. The maximum Gasteiger partial charge on any atom is 0.307 e. The van der Waals surface area contributed by atoms with Gasteiger partial charge in [0.25, 0.3) is 0 Å². The van der Waals surface area contributed by atoms with E-state index in [2.05, 4.69) is 5.32 Å². The lowest BCUT2D eigenvalue weighted by molar-refractivity contribution is -0.149. The quantitative estimate of drug-likeness (QED) is 0.759. The first-order valence-electron chi connectivity index (χ1n) is 6.04. The summed E-state index contributed by atoms with van der Waals surface area (Å²) in [7, 11) is 0. The molecule has 16 heavy (non-hydrogen) atoms. The number of carboxylic acid groups (broad SMARTS) is 1. The van der Waals surface area contributed by atoms with Crippen LogP contribution in [0.1, 0.15) is 33.1 Å². The number of hydrogen-bond acceptors (Lipinski definition) is 2. The van der Waals surface area contributed by atoms with Crippen molar-refractivity contribution in [3.63, 3.8) is 0 Å². The van der Waals surface area contributed by atoms with Crippen molar-refractivity contribution in [3.05, 3.63) is 0 Å². The Bertz CT molecular complexity index is 313. The minimum Gasteiger partial charge on any atom is -0.481 e. The van der Waals surface area contributed by atoms with E-state index < -0.39 is 11.9 Å². The predicted octanol–water partition coefficient (Wildman–Crippen LogP) is 1.26. The maximum atomic E-state index is 12.0. The van der Waals surface area contributed by atoms with Gasteiger partial charge < -0.3 is 10.4 Å². The fourth-order valence-electron chi connectivity index (χ4n) is 3.40. The van der Waals surface area contributed by atoms with Crippen LogP contribution in [0, 0.1) is 23.7 Å².